The Labute approximate surface area is 235 Å². The molecule has 1 aliphatic carbocycles. The van der Waals surface area contributed by atoms with Crippen molar-refractivity contribution >= 4 is 23.4 Å². The zero-order valence-electron chi connectivity index (χ0n) is 22.8. The van der Waals surface area contributed by atoms with Crippen molar-refractivity contribution in [2.45, 2.75) is 49.9 Å². The van der Waals surface area contributed by atoms with Crippen LogP contribution in [0.3, 0.4) is 0 Å². The zero-order valence-corrected chi connectivity index (χ0v) is 22.8. The van der Waals surface area contributed by atoms with E-state index in [1.165, 1.54) is 5.56 Å². The number of benzene rings is 1. The Morgan fingerprint density at radius 1 is 0.975 bits per heavy atom. The van der Waals surface area contributed by atoms with Gasteiger partial charge in [-0.2, -0.15) is 0 Å². The summed E-state index contributed by atoms with van der Waals surface area (Å²) in [5.74, 6) is 1.65. The largest absolute Gasteiger partial charge is 0.354 e. The Bertz CT molecular complexity index is 1370. The van der Waals surface area contributed by atoms with Crippen LogP contribution in [0.25, 0.3) is 11.1 Å². The van der Waals surface area contributed by atoms with E-state index in [1.54, 1.807) is 0 Å². The fraction of sp³-hybridized carbons (Fsp3) is 0.467. The molecule has 1 amide bonds. The van der Waals surface area contributed by atoms with E-state index in [9.17, 15) is 4.79 Å². The summed E-state index contributed by atoms with van der Waals surface area (Å²) in [4.78, 5) is 34.5. The maximum atomic E-state index is 13.4. The lowest BCUT2D eigenvalue weighted by Gasteiger charge is -2.39. The maximum absolute atomic E-state index is 13.4. The quantitative estimate of drug-likeness (QED) is 0.396. The SMILES string of the molecule is NC1CC2CCNC(=O)C3(CC3)N3CCN(CC3)Cc3cccc(c3)Nc3cc(ccn3)-c3cnc(nc3)N2C1. The molecule has 2 aromatic heterocycles. The molecule has 8 heterocycles. The fourth-order valence-electron chi connectivity index (χ4n) is 6.58. The number of pyridine rings is 1. The molecular weight excluding hydrogens is 502 g/mol. The van der Waals surface area contributed by atoms with Gasteiger partial charge in [-0.15, -0.1) is 0 Å². The number of rotatable bonds is 0. The highest BCUT2D eigenvalue weighted by Gasteiger charge is 2.54. The summed E-state index contributed by atoms with van der Waals surface area (Å²) >= 11 is 0. The van der Waals surface area contributed by atoms with Gasteiger partial charge < -0.3 is 21.3 Å². The molecule has 2 atom stereocenters. The van der Waals surface area contributed by atoms with Crippen molar-refractivity contribution in [2.24, 2.45) is 5.73 Å². The number of carbonyl (C=O) groups excluding carboxylic acids is 1. The van der Waals surface area contributed by atoms with E-state index < -0.39 is 0 Å². The number of hydrogen-bond acceptors (Lipinski definition) is 9. The number of carbonyl (C=O) groups is 1. The van der Waals surface area contributed by atoms with Gasteiger partial charge >= 0.3 is 0 Å². The molecule has 3 aromatic rings. The molecule has 40 heavy (non-hydrogen) atoms. The average molecular weight is 540 g/mol. The predicted octanol–water partition coefficient (Wildman–Crippen LogP) is 2.36. The second kappa shape index (κ2) is 10.4. The number of hydrogen-bond donors (Lipinski definition) is 3. The Morgan fingerprint density at radius 2 is 1.80 bits per heavy atom. The number of aromatic nitrogens is 3. The highest BCUT2D eigenvalue weighted by molar-refractivity contribution is 5.89. The van der Waals surface area contributed by atoms with E-state index in [4.69, 9.17) is 15.7 Å². The second-order valence-corrected chi connectivity index (χ2v) is 11.7. The maximum Gasteiger partial charge on any atom is 0.240 e. The highest BCUT2D eigenvalue weighted by Crippen LogP contribution is 2.42. The number of piperazine rings is 1. The third-order valence-corrected chi connectivity index (χ3v) is 8.93. The number of amides is 1. The first-order valence-corrected chi connectivity index (χ1v) is 14.5. The van der Waals surface area contributed by atoms with Gasteiger partial charge in [-0.25, -0.2) is 15.0 Å². The van der Waals surface area contributed by atoms with Gasteiger partial charge in [0.1, 0.15) is 11.4 Å². The lowest BCUT2D eigenvalue weighted by Crippen LogP contribution is -2.56. The van der Waals surface area contributed by atoms with Crippen LogP contribution in [0.5, 0.6) is 0 Å². The molecular formula is C30H37N9O. The van der Waals surface area contributed by atoms with Gasteiger partial charge in [-0.05, 0) is 61.1 Å². The zero-order chi connectivity index (χ0) is 27.1. The molecule has 2 unspecified atom stereocenters. The van der Waals surface area contributed by atoms with E-state index in [-0.39, 0.29) is 23.5 Å². The Hall–Kier alpha value is -3.60. The number of anilines is 3. The highest BCUT2D eigenvalue weighted by atomic mass is 16.2. The Balaban J connectivity index is 1.17. The minimum absolute atomic E-state index is 0.0703. The van der Waals surface area contributed by atoms with Gasteiger partial charge in [-0.1, -0.05) is 12.1 Å². The van der Waals surface area contributed by atoms with E-state index in [1.807, 2.05) is 30.7 Å². The minimum atomic E-state index is -0.323. The molecule has 3 fully saturated rings. The predicted molar refractivity (Wildman–Crippen MR) is 155 cm³/mol. The van der Waals surface area contributed by atoms with Crippen molar-refractivity contribution in [3.63, 3.8) is 0 Å². The van der Waals surface area contributed by atoms with Crippen LogP contribution in [-0.2, 0) is 11.3 Å². The lowest BCUT2D eigenvalue weighted by molar-refractivity contribution is -0.129. The summed E-state index contributed by atoms with van der Waals surface area (Å²) in [6, 6.07) is 12.8. The molecule has 208 valence electrons. The van der Waals surface area contributed by atoms with E-state index >= 15 is 0 Å². The van der Waals surface area contributed by atoms with Crippen LogP contribution in [0.4, 0.5) is 17.5 Å². The van der Waals surface area contributed by atoms with Gasteiger partial charge in [0.15, 0.2) is 0 Å². The first kappa shape index (κ1) is 25.4. The molecule has 0 radical (unpaired) electrons. The van der Waals surface area contributed by atoms with E-state index in [0.29, 0.717) is 19.0 Å². The van der Waals surface area contributed by atoms with Gasteiger partial charge in [0.25, 0.3) is 0 Å². The first-order chi connectivity index (χ1) is 19.6. The van der Waals surface area contributed by atoms with Crippen LogP contribution in [0, 0.1) is 0 Å². The van der Waals surface area contributed by atoms with Crippen molar-refractivity contribution in [2.75, 3.05) is 49.5 Å². The summed E-state index contributed by atoms with van der Waals surface area (Å²) < 4.78 is 0. The third-order valence-electron chi connectivity index (χ3n) is 8.93. The summed E-state index contributed by atoms with van der Waals surface area (Å²) in [7, 11) is 0. The fourth-order valence-corrected chi connectivity index (χ4v) is 6.58. The molecule has 10 heteroatoms. The van der Waals surface area contributed by atoms with Crippen LogP contribution in [0.15, 0.2) is 55.0 Å². The third kappa shape index (κ3) is 5.02. The number of nitrogens with two attached hydrogens (primary N) is 1. The minimum Gasteiger partial charge on any atom is -0.354 e. The standard InChI is InChI=1S/C30H37N9O/c31-24-16-26-5-9-33-28(40)30(6-7-30)38-12-10-37(11-13-38)19-21-2-1-3-25(14-21)36-27-15-22(4-8-32-27)23-17-34-29(35-18-23)39(26)20-24/h1-4,8,14-15,17-18,24,26H,5-7,9-13,16,19-20,31H2,(H,32,36)(H,33,40). The second-order valence-electron chi connectivity index (χ2n) is 11.7. The molecule has 6 aliphatic heterocycles. The summed E-state index contributed by atoms with van der Waals surface area (Å²) in [5, 5.41) is 6.75. The van der Waals surface area contributed by atoms with Crippen LogP contribution in [0.1, 0.15) is 31.2 Å². The molecule has 8 bridgehead atoms. The van der Waals surface area contributed by atoms with Gasteiger partial charge in [0.05, 0.1) is 0 Å². The first-order valence-electron chi connectivity index (χ1n) is 14.5. The Morgan fingerprint density at radius 3 is 2.60 bits per heavy atom. The molecule has 2 saturated heterocycles. The van der Waals surface area contributed by atoms with E-state index in [2.05, 4.69) is 54.6 Å². The average Bonchev–Trinajstić information content (AvgIpc) is 3.70. The van der Waals surface area contributed by atoms with Crippen molar-refractivity contribution < 1.29 is 4.79 Å². The van der Waals surface area contributed by atoms with Crippen molar-refractivity contribution in [3.05, 3.63) is 60.6 Å². The number of nitrogens with zero attached hydrogens (tertiary/aromatic N) is 6. The molecule has 4 N–H and O–H groups in total. The summed E-state index contributed by atoms with van der Waals surface area (Å²) in [6.45, 7) is 6.00. The van der Waals surface area contributed by atoms with Crippen LogP contribution < -0.4 is 21.3 Å². The van der Waals surface area contributed by atoms with Gasteiger partial charge in [0, 0.05) is 87.7 Å². The number of nitrogens with one attached hydrogen (secondary N) is 2. The molecule has 1 spiro atoms. The molecule has 1 saturated carbocycles. The van der Waals surface area contributed by atoms with Crippen molar-refractivity contribution in [1.82, 2.24) is 30.1 Å². The van der Waals surface area contributed by atoms with Gasteiger partial charge in [0.2, 0.25) is 11.9 Å². The normalized spacial score (nSPS) is 27.6. The monoisotopic (exact) mass is 539 g/mol. The molecule has 1 aromatic carbocycles. The molecule has 7 aliphatic rings. The summed E-state index contributed by atoms with van der Waals surface area (Å²) in [6.07, 6.45) is 9.14. The molecule has 10 rings (SSSR count). The molecule has 10 nitrogen and oxygen atoms in total. The van der Waals surface area contributed by atoms with Crippen molar-refractivity contribution in [3.8, 4) is 11.1 Å². The van der Waals surface area contributed by atoms with Crippen LogP contribution in [-0.4, -0.2) is 87.6 Å². The lowest BCUT2D eigenvalue weighted by atomic mass is 10.1. The van der Waals surface area contributed by atoms with E-state index in [0.717, 1.165) is 81.0 Å². The van der Waals surface area contributed by atoms with Gasteiger partial charge in [-0.3, -0.25) is 14.6 Å². The smallest absolute Gasteiger partial charge is 0.240 e. The summed E-state index contributed by atoms with van der Waals surface area (Å²) in [5.41, 5.74) is 10.3. The van der Waals surface area contributed by atoms with Crippen LogP contribution in [0.2, 0.25) is 0 Å². The Kier molecular flexibility index (Phi) is 6.61. The topological polar surface area (TPSA) is 116 Å². The van der Waals surface area contributed by atoms with Crippen molar-refractivity contribution in [1.29, 1.82) is 0 Å². The van der Waals surface area contributed by atoms with Crippen LogP contribution >= 0.6 is 0 Å².